The lowest BCUT2D eigenvalue weighted by atomic mass is 10.00. The van der Waals surface area contributed by atoms with E-state index in [1.165, 1.54) is 6.42 Å². The summed E-state index contributed by atoms with van der Waals surface area (Å²) in [7, 11) is 0. The highest BCUT2D eigenvalue weighted by Crippen LogP contribution is 2.12. The number of carbonyl (C=O) groups excluding carboxylic acids is 1. The van der Waals surface area contributed by atoms with Gasteiger partial charge in [-0.3, -0.25) is 9.50 Å². The number of Topliss-reactive ketones (excluding diaryl/α,β-unsaturated/α-hetero) is 1. The van der Waals surface area contributed by atoms with E-state index in [2.05, 4.69) is 0 Å². The van der Waals surface area contributed by atoms with Gasteiger partial charge in [-0.2, -0.15) is 0 Å². The lowest BCUT2D eigenvalue weighted by Gasteiger charge is -2.05. The molecule has 8 heavy (non-hydrogen) atoms. The van der Waals surface area contributed by atoms with E-state index in [-0.39, 0.29) is 4.70 Å². The van der Waals surface area contributed by atoms with Gasteiger partial charge in [0.2, 0.25) is 0 Å². The van der Waals surface area contributed by atoms with E-state index in [0.29, 0.717) is 5.78 Å². The molecule has 0 bridgehead atoms. The van der Waals surface area contributed by atoms with Gasteiger partial charge < -0.3 is 0 Å². The Labute approximate surface area is 48.4 Å². The lowest BCUT2D eigenvalue weighted by Crippen LogP contribution is -2.02. The summed E-state index contributed by atoms with van der Waals surface area (Å²) in [6, 6.07) is 0. The Morgan fingerprint density at radius 1 is 1.00 bits per heavy atom. The van der Waals surface area contributed by atoms with Gasteiger partial charge in [0, 0.05) is 12.8 Å². The van der Waals surface area contributed by atoms with Crippen LogP contribution in [0.3, 0.4) is 0 Å². The Bertz CT molecular complexity index is 72.6. The van der Waals surface area contributed by atoms with Crippen LogP contribution in [0, 0.1) is 0 Å². The molecule has 1 fully saturated rings. The van der Waals surface area contributed by atoms with E-state index in [1.807, 2.05) is 0 Å². The zero-order valence-corrected chi connectivity index (χ0v) is 4.85. The molecule has 1 saturated carbocycles. The average Bonchev–Trinajstić information content (AvgIpc) is 1.69. The third kappa shape index (κ3) is 2.05. The van der Waals surface area contributed by atoms with Crippen LogP contribution in [-0.4, -0.2) is 5.78 Å². The van der Waals surface area contributed by atoms with Crippen LogP contribution in [0.2, 0.25) is 0 Å². The molecule has 0 amide bonds. The molecule has 1 aliphatic carbocycles. The highest BCUT2D eigenvalue weighted by Gasteiger charge is 2.05. The van der Waals surface area contributed by atoms with Gasteiger partial charge in [0.1, 0.15) is 5.78 Å². The zero-order chi connectivity index (χ0) is 5.11. The number of hydrogen-bond acceptors (Lipinski definition) is 1. The van der Waals surface area contributed by atoms with Crippen LogP contribution in [0.25, 0.3) is 0 Å². The second-order valence-electron chi connectivity index (χ2n) is 2.10. The van der Waals surface area contributed by atoms with Crippen molar-refractivity contribution in [2.75, 3.05) is 0 Å². The molecule has 0 aromatic carbocycles. The van der Waals surface area contributed by atoms with Crippen LogP contribution in [0.1, 0.15) is 32.1 Å². The molecule has 48 valence electrons. The number of carbonyl (C=O) groups is 1. The molecular formula is C6H11FO. The van der Waals surface area contributed by atoms with Crippen LogP contribution in [-0.2, 0) is 4.79 Å². The molecule has 0 N–H and O–H groups in total. The minimum atomic E-state index is 0. The highest BCUT2D eigenvalue weighted by molar-refractivity contribution is 5.78. The van der Waals surface area contributed by atoms with Gasteiger partial charge in [-0.15, -0.1) is 0 Å². The van der Waals surface area contributed by atoms with Crippen molar-refractivity contribution < 1.29 is 9.50 Å². The number of rotatable bonds is 0. The fourth-order valence-electron chi connectivity index (χ4n) is 0.946. The molecule has 0 saturated heterocycles. The third-order valence-corrected chi connectivity index (χ3v) is 1.41. The zero-order valence-electron chi connectivity index (χ0n) is 4.85. The first-order valence-electron chi connectivity index (χ1n) is 2.91. The average molecular weight is 118 g/mol. The standard InChI is InChI=1S/C6H10O.FH/c7-6-4-2-1-3-5-6;/h1-5H2;1H. The fraction of sp³-hybridized carbons (Fsp3) is 0.833. The number of ketones is 1. The maximum Gasteiger partial charge on any atom is 0.132 e. The first-order chi connectivity index (χ1) is 3.39. The molecule has 2 heteroatoms. The van der Waals surface area contributed by atoms with Crippen LogP contribution in [0.4, 0.5) is 4.70 Å². The van der Waals surface area contributed by atoms with Crippen molar-refractivity contribution >= 4 is 5.78 Å². The Kier molecular flexibility index (Phi) is 3.40. The summed E-state index contributed by atoms with van der Waals surface area (Å²) >= 11 is 0. The van der Waals surface area contributed by atoms with Crippen molar-refractivity contribution in [1.82, 2.24) is 0 Å². The maximum absolute atomic E-state index is 10.5. The smallest absolute Gasteiger partial charge is 0.132 e. The molecule has 0 aliphatic heterocycles. The van der Waals surface area contributed by atoms with Gasteiger partial charge in [-0.05, 0) is 12.8 Å². The fourth-order valence-corrected chi connectivity index (χ4v) is 0.946. The highest BCUT2D eigenvalue weighted by atomic mass is 19.0. The SMILES string of the molecule is F.O=C1CCCCC1. The topological polar surface area (TPSA) is 17.1 Å². The normalized spacial score (nSPS) is 19.8. The quantitative estimate of drug-likeness (QED) is 0.473. The summed E-state index contributed by atoms with van der Waals surface area (Å²) in [4.78, 5) is 10.5. The summed E-state index contributed by atoms with van der Waals surface area (Å²) in [6.45, 7) is 0. The molecule has 0 unspecified atom stereocenters. The van der Waals surface area contributed by atoms with Gasteiger partial charge in [0.15, 0.2) is 0 Å². The van der Waals surface area contributed by atoms with Crippen molar-refractivity contribution in [2.24, 2.45) is 0 Å². The Morgan fingerprint density at radius 2 is 1.50 bits per heavy atom. The van der Waals surface area contributed by atoms with Crippen molar-refractivity contribution in [3.8, 4) is 0 Å². The number of hydrogen-bond donors (Lipinski definition) is 0. The molecule has 0 heterocycles. The van der Waals surface area contributed by atoms with Crippen LogP contribution < -0.4 is 0 Å². The van der Waals surface area contributed by atoms with Crippen molar-refractivity contribution in [3.63, 3.8) is 0 Å². The first kappa shape index (κ1) is 7.60. The molecule has 0 atom stereocenters. The van der Waals surface area contributed by atoms with E-state index in [4.69, 9.17) is 0 Å². The molecule has 0 spiro atoms. The molecule has 0 aromatic heterocycles. The van der Waals surface area contributed by atoms with Crippen LogP contribution >= 0.6 is 0 Å². The molecule has 0 aromatic rings. The third-order valence-electron chi connectivity index (χ3n) is 1.41. The molecule has 1 aliphatic rings. The summed E-state index contributed by atoms with van der Waals surface area (Å²) in [5.41, 5.74) is 0. The summed E-state index contributed by atoms with van der Waals surface area (Å²) in [5.74, 6) is 0.464. The van der Waals surface area contributed by atoms with Gasteiger partial charge >= 0.3 is 0 Å². The van der Waals surface area contributed by atoms with E-state index in [0.717, 1.165) is 25.7 Å². The minimum absolute atomic E-state index is 0. The van der Waals surface area contributed by atoms with E-state index in [1.54, 1.807) is 0 Å². The van der Waals surface area contributed by atoms with E-state index in [9.17, 15) is 4.79 Å². The van der Waals surface area contributed by atoms with Crippen molar-refractivity contribution in [3.05, 3.63) is 0 Å². The first-order valence-corrected chi connectivity index (χ1v) is 2.91. The molecule has 1 rings (SSSR count). The predicted molar refractivity (Wildman–Crippen MR) is 30.6 cm³/mol. The van der Waals surface area contributed by atoms with Crippen LogP contribution in [0.15, 0.2) is 0 Å². The number of halogens is 1. The largest absolute Gasteiger partial charge is 0.300 e. The molecule has 1 nitrogen and oxygen atoms in total. The van der Waals surface area contributed by atoms with Gasteiger partial charge in [-0.25, -0.2) is 0 Å². The van der Waals surface area contributed by atoms with E-state index >= 15 is 0 Å². The van der Waals surface area contributed by atoms with Gasteiger partial charge in [0.25, 0.3) is 0 Å². The second kappa shape index (κ2) is 3.58. The summed E-state index contributed by atoms with van der Waals surface area (Å²) in [5, 5.41) is 0. The van der Waals surface area contributed by atoms with E-state index < -0.39 is 0 Å². The molecule has 0 radical (unpaired) electrons. The Balaban J connectivity index is 0.000000490. The Hall–Kier alpha value is -0.400. The molecular weight excluding hydrogens is 107 g/mol. The van der Waals surface area contributed by atoms with Crippen molar-refractivity contribution in [1.29, 1.82) is 0 Å². The maximum atomic E-state index is 10.5. The van der Waals surface area contributed by atoms with Crippen molar-refractivity contribution in [2.45, 2.75) is 32.1 Å². The minimum Gasteiger partial charge on any atom is -0.300 e. The van der Waals surface area contributed by atoms with Gasteiger partial charge in [-0.1, -0.05) is 6.42 Å². The van der Waals surface area contributed by atoms with Crippen LogP contribution in [0.5, 0.6) is 0 Å². The lowest BCUT2D eigenvalue weighted by molar-refractivity contribution is -0.120. The predicted octanol–water partition coefficient (Wildman–Crippen LogP) is 1.67. The van der Waals surface area contributed by atoms with Gasteiger partial charge in [0.05, 0.1) is 0 Å². The monoisotopic (exact) mass is 118 g/mol. The summed E-state index contributed by atoms with van der Waals surface area (Å²) < 4.78 is 0. The summed E-state index contributed by atoms with van der Waals surface area (Å²) in [6.07, 6.45) is 5.24. The second-order valence-corrected chi connectivity index (χ2v) is 2.10. The Morgan fingerprint density at radius 3 is 1.75 bits per heavy atom.